The van der Waals surface area contributed by atoms with Crippen molar-refractivity contribution in [1.82, 2.24) is 15.5 Å². The van der Waals surface area contributed by atoms with E-state index in [4.69, 9.17) is 4.42 Å². The van der Waals surface area contributed by atoms with E-state index in [-0.39, 0.29) is 17.7 Å². The molecule has 1 aromatic carbocycles. The van der Waals surface area contributed by atoms with Crippen molar-refractivity contribution in [3.63, 3.8) is 0 Å². The number of nitrogens with zero attached hydrogens (tertiary/aromatic N) is 2. The van der Waals surface area contributed by atoms with Crippen LogP contribution < -0.4 is 5.32 Å². The van der Waals surface area contributed by atoms with Crippen LogP contribution in [0.25, 0.3) is 0 Å². The predicted octanol–water partition coefficient (Wildman–Crippen LogP) is 2.45. The molecule has 0 unspecified atom stereocenters. The zero-order chi connectivity index (χ0) is 18.6. The van der Waals surface area contributed by atoms with Crippen LogP contribution in [0.2, 0.25) is 0 Å². The van der Waals surface area contributed by atoms with Gasteiger partial charge in [0, 0.05) is 18.6 Å². The van der Waals surface area contributed by atoms with Gasteiger partial charge in [0.25, 0.3) is 0 Å². The summed E-state index contributed by atoms with van der Waals surface area (Å²) in [5.74, 6) is 0.0579. The Morgan fingerprint density at radius 3 is 2.50 bits per heavy atom. The van der Waals surface area contributed by atoms with Gasteiger partial charge in [-0.2, -0.15) is 0 Å². The van der Waals surface area contributed by atoms with Crippen molar-refractivity contribution in [2.75, 3.05) is 6.26 Å². The molecule has 1 saturated carbocycles. The van der Waals surface area contributed by atoms with Gasteiger partial charge in [-0.15, -0.1) is 5.10 Å². The molecule has 2 aromatic rings. The van der Waals surface area contributed by atoms with Crippen LogP contribution in [-0.2, 0) is 21.1 Å². The Bertz CT molecular complexity index is 842. The minimum Gasteiger partial charge on any atom is -0.410 e. The van der Waals surface area contributed by atoms with Gasteiger partial charge in [-0.1, -0.05) is 54.7 Å². The summed E-state index contributed by atoms with van der Waals surface area (Å²) in [6.07, 6.45) is 6.49. The maximum absolute atomic E-state index is 12.7. The zero-order valence-corrected chi connectivity index (χ0v) is 15.5. The van der Waals surface area contributed by atoms with E-state index in [0.717, 1.165) is 37.5 Å². The fourth-order valence-corrected chi connectivity index (χ4v) is 3.64. The van der Waals surface area contributed by atoms with Crippen LogP contribution >= 0.6 is 0 Å². The summed E-state index contributed by atoms with van der Waals surface area (Å²) in [5.41, 5.74) is 0.987. The molecule has 1 aromatic heterocycles. The first-order valence-corrected chi connectivity index (χ1v) is 10.7. The van der Waals surface area contributed by atoms with E-state index >= 15 is 0 Å². The highest BCUT2D eigenvalue weighted by Gasteiger charge is 2.28. The molecule has 1 aliphatic rings. The molecule has 140 valence electrons. The Labute approximate surface area is 153 Å². The molecule has 0 spiro atoms. The first kappa shape index (κ1) is 18.6. The molecular formula is C18H23N3O4S. The summed E-state index contributed by atoms with van der Waals surface area (Å²) in [6.45, 7) is 0. The van der Waals surface area contributed by atoms with Gasteiger partial charge >= 0.3 is 5.22 Å². The third-order valence-electron chi connectivity index (χ3n) is 4.61. The van der Waals surface area contributed by atoms with E-state index < -0.39 is 21.1 Å². The van der Waals surface area contributed by atoms with Gasteiger partial charge in [0.2, 0.25) is 21.6 Å². The van der Waals surface area contributed by atoms with Crippen LogP contribution in [-0.4, -0.2) is 30.8 Å². The van der Waals surface area contributed by atoms with E-state index in [1.807, 2.05) is 30.3 Å². The number of benzene rings is 1. The minimum absolute atomic E-state index is 0.0145. The number of aromatic nitrogens is 2. The fourth-order valence-electron chi connectivity index (χ4n) is 3.22. The highest BCUT2D eigenvalue weighted by molar-refractivity contribution is 7.90. The molecule has 1 N–H and O–H groups in total. The summed E-state index contributed by atoms with van der Waals surface area (Å²) >= 11 is 0. The Kier molecular flexibility index (Phi) is 5.70. The van der Waals surface area contributed by atoms with Crippen molar-refractivity contribution < 1.29 is 17.6 Å². The molecule has 0 aliphatic heterocycles. The number of nitrogens with one attached hydrogen (secondary N) is 1. The van der Waals surface area contributed by atoms with Crippen molar-refractivity contribution in [2.24, 2.45) is 5.92 Å². The second kappa shape index (κ2) is 7.99. The molecule has 8 heteroatoms. The maximum Gasteiger partial charge on any atom is 0.335 e. The Morgan fingerprint density at radius 2 is 1.88 bits per heavy atom. The van der Waals surface area contributed by atoms with Gasteiger partial charge in [-0.25, -0.2) is 8.42 Å². The predicted molar refractivity (Wildman–Crippen MR) is 95.0 cm³/mol. The molecule has 3 rings (SSSR count). The van der Waals surface area contributed by atoms with Gasteiger partial charge in [0.05, 0.1) is 0 Å². The minimum atomic E-state index is -3.59. The third-order valence-corrected chi connectivity index (χ3v) is 5.41. The highest BCUT2D eigenvalue weighted by atomic mass is 32.2. The zero-order valence-electron chi connectivity index (χ0n) is 14.7. The van der Waals surface area contributed by atoms with Gasteiger partial charge in [-0.05, 0) is 18.4 Å². The van der Waals surface area contributed by atoms with Crippen LogP contribution in [0.5, 0.6) is 0 Å². The number of rotatable bonds is 6. The number of carbonyl (C=O) groups excluding carboxylic acids is 1. The van der Waals surface area contributed by atoms with Crippen LogP contribution in [0, 0.1) is 5.92 Å². The summed E-state index contributed by atoms with van der Waals surface area (Å²) in [5, 5.41) is 10.0. The lowest BCUT2D eigenvalue weighted by molar-refractivity contribution is -0.126. The molecule has 0 radical (unpaired) electrons. The van der Waals surface area contributed by atoms with Gasteiger partial charge in [-0.3, -0.25) is 4.79 Å². The van der Waals surface area contributed by atoms with Crippen molar-refractivity contribution in [3.05, 3.63) is 41.8 Å². The molecule has 1 aliphatic carbocycles. The summed E-state index contributed by atoms with van der Waals surface area (Å²) in [7, 11) is -3.59. The molecule has 26 heavy (non-hydrogen) atoms. The molecule has 1 amide bonds. The van der Waals surface area contributed by atoms with Crippen molar-refractivity contribution in [1.29, 1.82) is 0 Å². The summed E-state index contributed by atoms with van der Waals surface area (Å²) in [6, 6.07) is 9.04. The first-order chi connectivity index (χ1) is 12.4. The standard InChI is InChI=1S/C18H23N3O4S/c1-26(23,24)18-21-20-17(25-18)15(12-13-8-4-2-5-9-13)19-16(22)14-10-6-3-7-11-14/h2,4-5,8-9,14-15H,3,6-7,10-12H2,1H3,(H,19,22)/t15-/m0/s1. The van der Waals surface area contributed by atoms with Crippen molar-refractivity contribution in [2.45, 2.75) is 49.8 Å². The highest BCUT2D eigenvalue weighted by Crippen LogP contribution is 2.26. The molecule has 0 bridgehead atoms. The normalized spacial score (nSPS) is 17.0. The largest absolute Gasteiger partial charge is 0.410 e. The van der Waals surface area contributed by atoms with Gasteiger partial charge < -0.3 is 9.73 Å². The van der Waals surface area contributed by atoms with Crippen LogP contribution in [0.3, 0.4) is 0 Å². The van der Waals surface area contributed by atoms with Crippen molar-refractivity contribution in [3.8, 4) is 0 Å². The summed E-state index contributed by atoms with van der Waals surface area (Å²) in [4.78, 5) is 12.7. The van der Waals surface area contributed by atoms with Crippen molar-refractivity contribution >= 4 is 15.7 Å². The van der Waals surface area contributed by atoms with E-state index in [1.54, 1.807) is 0 Å². The Hall–Kier alpha value is -2.22. The third kappa shape index (κ3) is 4.69. The molecule has 1 atom stereocenters. The van der Waals surface area contributed by atoms with Crippen LogP contribution in [0.1, 0.15) is 49.6 Å². The number of sulfone groups is 1. The summed E-state index contributed by atoms with van der Waals surface area (Å²) < 4.78 is 28.6. The fraction of sp³-hybridized carbons (Fsp3) is 0.500. The topological polar surface area (TPSA) is 102 Å². The lowest BCUT2D eigenvalue weighted by atomic mass is 9.88. The van der Waals surface area contributed by atoms with Crippen LogP contribution in [0.4, 0.5) is 0 Å². The lowest BCUT2D eigenvalue weighted by Gasteiger charge is -2.23. The number of hydrogen-bond donors (Lipinski definition) is 1. The monoisotopic (exact) mass is 377 g/mol. The molecule has 0 saturated heterocycles. The number of carbonyl (C=O) groups is 1. The van der Waals surface area contributed by atoms with Gasteiger partial charge in [0.1, 0.15) is 6.04 Å². The Balaban J connectivity index is 1.81. The van der Waals surface area contributed by atoms with Gasteiger partial charge in [0.15, 0.2) is 0 Å². The number of hydrogen-bond acceptors (Lipinski definition) is 6. The average Bonchev–Trinajstić information content (AvgIpc) is 3.13. The first-order valence-electron chi connectivity index (χ1n) is 8.81. The lowest BCUT2D eigenvalue weighted by Crippen LogP contribution is -2.36. The Morgan fingerprint density at radius 1 is 1.19 bits per heavy atom. The van der Waals surface area contributed by atoms with E-state index in [0.29, 0.717) is 6.42 Å². The molecule has 1 heterocycles. The molecule has 7 nitrogen and oxygen atoms in total. The average molecular weight is 377 g/mol. The number of amides is 1. The smallest absolute Gasteiger partial charge is 0.335 e. The van der Waals surface area contributed by atoms with E-state index in [1.165, 1.54) is 6.42 Å². The van der Waals surface area contributed by atoms with E-state index in [9.17, 15) is 13.2 Å². The SMILES string of the molecule is CS(=O)(=O)c1nnc([C@H](Cc2ccccc2)NC(=O)C2CCCCC2)o1. The van der Waals surface area contributed by atoms with Crippen LogP contribution in [0.15, 0.2) is 40.0 Å². The van der Waals surface area contributed by atoms with E-state index in [2.05, 4.69) is 15.5 Å². The quantitative estimate of drug-likeness (QED) is 0.829. The molecular weight excluding hydrogens is 354 g/mol. The molecule has 1 fully saturated rings. The second-order valence-electron chi connectivity index (χ2n) is 6.76. The maximum atomic E-state index is 12.7. The second-order valence-corrected chi connectivity index (χ2v) is 8.66.